The summed E-state index contributed by atoms with van der Waals surface area (Å²) in [7, 11) is 1.96. The zero-order chi connectivity index (χ0) is 13.5. The molecule has 0 amide bonds. The van der Waals surface area contributed by atoms with Crippen LogP contribution in [-0.4, -0.2) is 30.3 Å². The van der Waals surface area contributed by atoms with Crippen LogP contribution in [0, 0.1) is 6.92 Å². The van der Waals surface area contributed by atoms with Gasteiger partial charge in [-0.05, 0) is 44.6 Å². The van der Waals surface area contributed by atoms with Crippen LogP contribution < -0.4 is 10.6 Å². The van der Waals surface area contributed by atoms with Crippen molar-refractivity contribution in [3.63, 3.8) is 0 Å². The molecular formula is C15H20N4. The molecule has 0 saturated heterocycles. The van der Waals surface area contributed by atoms with E-state index in [1.165, 1.54) is 5.56 Å². The molecule has 0 aliphatic carbocycles. The smallest absolute Gasteiger partial charge is 0.148 e. The molecule has 0 saturated carbocycles. The molecule has 0 aliphatic heterocycles. The van der Waals surface area contributed by atoms with Gasteiger partial charge in [-0.1, -0.05) is 24.3 Å². The monoisotopic (exact) mass is 256 g/mol. The minimum absolute atomic E-state index is 0.827. The lowest BCUT2D eigenvalue weighted by molar-refractivity contribution is 0.746. The molecule has 0 unspecified atom stereocenters. The molecule has 0 bridgehead atoms. The third-order valence-corrected chi connectivity index (χ3v) is 3.00. The first-order valence-electron chi connectivity index (χ1n) is 6.59. The third-order valence-electron chi connectivity index (χ3n) is 3.00. The van der Waals surface area contributed by atoms with Crippen LogP contribution in [0.1, 0.15) is 12.0 Å². The van der Waals surface area contributed by atoms with Crippen molar-refractivity contribution in [1.82, 2.24) is 15.5 Å². The SMILES string of the molecule is CNCCCNc1ccc(-c2ccccc2C)nn1. The third kappa shape index (κ3) is 3.76. The van der Waals surface area contributed by atoms with Gasteiger partial charge in [-0.15, -0.1) is 10.2 Å². The van der Waals surface area contributed by atoms with E-state index in [4.69, 9.17) is 0 Å². The lowest BCUT2D eigenvalue weighted by Gasteiger charge is -2.07. The van der Waals surface area contributed by atoms with E-state index >= 15 is 0 Å². The number of hydrogen-bond donors (Lipinski definition) is 2. The van der Waals surface area contributed by atoms with Gasteiger partial charge >= 0.3 is 0 Å². The van der Waals surface area contributed by atoms with Crippen molar-refractivity contribution in [3.05, 3.63) is 42.0 Å². The Morgan fingerprint density at radius 2 is 1.84 bits per heavy atom. The Kier molecular flexibility index (Phi) is 4.86. The predicted octanol–water partition coefficient (Wildman–Crippen LogP) is 2.47. The van der Waals surface area contributed by atoms with E-state index in [0.29, 0.717) is 0 Å². The normalized spacial score (nSPS) is 10.4. The summed E-state index contributed by atoms with van der Waals surface area (Å²) in [5.41, 5.74) is 3.27. The average Bonchev–Trinajstić information content (AvgIpc) is 2.45. The maximum atomic E-state index is 4.28. The van der Waals surface area contributed by atoms with E-state index < -0.39 is 0 Å². The Hall–Kier alpha value is -1.94. The zero-order valence-corrected chi connectivity index (χ0v) is 11.5. The van der Waals surface area contributed by atoms with Gasteiger partial charge in [0.05, 0.1) is 5.69 Å². The summed E-state index contributed by atoms with van der Waals surface area (Å²) >= 11 is 0. The molecule has 19 heavy (non-hydrogen) atoms. The molecule has 0 fully saturated rings. The number of benzene rings is 1. The van der Waals surface area contributed by atoms with E-state index in [1.807, 2.05) is 31.3 Å². The number of rotatable bonds is 6. The van der Waals surface area contributed by atoms with Gasteiger partial charge in [0.15, 0.2) is 0 Å². The number of aromatic nitrogens is 2. The Balaban J connectivity index is 2.01. The lowest BCUT2D eigenvalue weighted by Crippen LogP contribution is -2.13. The highest BCUT2D eigenvalue weighted by Gasteiger charge is 2.03. The van der Waals surface area contributed by atoms with Crippen molar-refractivity contribution < 1.29 is 0 Å². The number of anilines is 1. The van der Waals surface area contributed by atoms with E-state index in [-0.39, 0.29) is 0 Å². The molecule has 0 spiro atoms. The molecular weight excluding hydrogens is 236 g/mol. The van der Waals surface area contributed by atoms with Gasteiger partial charge in [0.25, 0.3) is 0 Å². The minimum atomic E-state index is 0.827. The fourth-order valence-electron chi connectivity index (χ4n) is 1.91. The molecule has 1 heterocycles. The fourth-order valence-corrected chi connectivity index (χ4v) is 1.91. The van der Waals surface area contributed by atoms with Crippen molar-refractivity contribution in [2.24, 2.45) is 0 Å². The van der Waals surface area contributed by atoms with Crippen LogP contribution in [0.3, 0.4) is 0 Å². The van der Waals surface area contributed by atoms with Crippen LogP contribution in [0.2, 0.25) is 0 Å². The van der Waals surface area contributed by atoms with E-state index in [2.05, 4.69) is 39.9 Å². The van der Waals surface area contributed by atoms with Crippen molar-refractivity contribution in [3.8, 4) is 11.3 Å². The summed E-state index contributed by atoms with van der Waals surface area (Å²) in [6.45, 7) is 3.99. The van der Waals surface area contributed by atoms with Crippen LogP contribution in [0.5, 0.6) is 0 Å². The van der Waals surface area contributed by atoms with Crippen LogP contribution in [0.25, 0.3) is 11.3 Å². The molecule has 2 rings (SSSR count). The Bertz CT molecular complexity index is 508. The Morgan fingerprint density at radius 1 is 1.00 bits per heavy atom. The molecule has 0 aliphatic rings. The number of nitrogens with zero attached hydrogens (tertiary/aromatic N) is 2. The number of aryl methyl sites for hydroxylation is 1. The van der Waals surface area contributed by atoms with Crippen LogP contribution in [0.15, 0.2) is 36.4 Å². The zero-order valence-electron chi connectivity index (χ0n) is 11.5. The van der Waals surface area contributed by atoms with Crippen LogP contribution >= 0.6 is 0 Å². The molecule has 0 radical (unpaired) electrons. The highest BCUT2D eigenvalue weighted by molar-refractivity contribution is 5.63. The summed E-state index contributed by atoms with van der Waals surface area (Å²) < 4.78 is 0. The van der Waals surface area contributed by atoms with Crippen molar-refractivity contribution in [2.45, 2.75) is 13.3 Å². The highest BCUT2D eigenvalue weighted by atomic mass is 15.2. The van der Waals surface area contributed by atoms with Crippen molar-refractivity contribution in [2.75, 3.05) is 25.5 Å². The summed E-state index contributed by atoms with van der Waals surface area (Å²) in [6, 6.07) is 12.2. The van der Waals surface area contributed by atoms with Crippen LogP contribution in [0.4, 0.5) is 5.82 Å². The summed E-state index contributed by atoms with van der Waals surface area (Å²) in [4.78, 5) is 0. The Morgan fingerprint density at radius 3 is 2.53 bits per heavy atom. The van der Waals surface area contributed by atoms with Gasteiger partial charge in [0, 0.05) is 12.1 Å². The second-order valence-electron chi connectivity index (χ2n) is 4.50. The predicted molar refractivity (Wildman–Crippen MR) is 79.2 cm³/mol. The highest BCUT2D eigenvalue weighted by Crippen LogP contribution is 2.20. The van der Waals surface area contributed by atoms with Crippen molar-refractivity contribution >= 4 is 5.82 Å². The summed E-state index contributed by atoms with van der Waals surface area (Å²) in [5.74, 6) is 0.827. The van der Waals surface area contributed by atoms with Gasteiger partial charge in [-0.3, -0.25) is 0 Å². The van der Waals surface area contributed by atoms with Crippen LogP contribution in [-0.2, 0) is 0 Å². The maximum Gasteiger partial charge on any atom is 0.148 e. The van der Waals surface area contributed by atoms with Gasteiger partial charge in [-0.2, -0.15) is 0 Å². The standard InChI is InChI=1S/C15H20N4/c1-12-6-3-4-7-13(12)14-8-9-15(19-18-14)17-11-5-10-16-2/h3-4,6-9,16H,5,10-11H2,1-2H3,(H,17,19). The first-order valence-corrected chi connectivity index (χ1v) is 6.59. The maximum absolute atomic E-state index is 4.28. The summed E-state index contributed by atoms with van der Waals surface area (Å²) in [5, 5.41) is 14.9. The van der Waals surface area contributed by atoms with Gasteiger partial charge in [0.1, 0.15) is 5.82 Å². The first kappa shape index (κ1) is 13.5. The molecule has 2 aromatic rings. The topological polar surface area (TPSA) is 49.8 Å². The van der Waals surface area contributed by atoms with Crippen molar-refractivity contribution in [1.29, 1.82) is 0 Å². The van der Waals surface area contributed by atoms with E-state index in [9.17, 15) is 0 Å². The number of hydrogen-bond acceptors (Lipinski definition) is 4. The fraction of sp³-hybridized carbons (Fsp3) is 0.333. The molecule has 4 nitrogen and oxygen atoms in total. The molecule has 2 N–H and O–H groups in total. The second-order valence-corrected chi connectivity index (χ2v) is 4.50. The quantitative estimate of drug-likeness (QED) is 0.780. The molecule has 1 aromatic heterocycles. The average molecular weight is 256 g/mol. The Labute approximate surface area is 114 Å². The summed E-state index contributed by atoms with van der Waals surface area (Å²) in [6.07, 6.45) is 1.07. The first-order chi connectivity index (χ1) is 9.31. The van der Waals surface area contributed by atoms with E-state index in [1.54, 1.807) is 0 Å². The van der Waals surface area contributed by atoms with Gasteiger partial charge in [0.2, 0.25) is 0 Å². The molecule has 1 aromatic carbocycles. The molecule has 100 valence electrons. The number of nitrogens with one attached hydrogen (secondary N) is 2. The van der Waals surface area contributed by atoms with E-state index in [0.717, 1.165) is 36.6 Å². The largest absolute Gasteiger partial charge is 0.369 e. The molecule has 4 heteroatoms. The van der Waals surface area contributed by atoms with Gasteiger partial charge in [-0.25, -0.2) is 0 Å². The van der Waals surface area contributed by atoms with Gasteiger partial charge < -0.3 is 10.6 Å². The molecule has 0 atom stereocenters. The lowest BCUT2D eigenvalue weighted by atomic mass is 10.1. The second kappa shape index (κ2) is 6.85. The minimum Gasteiger partial charge on any atom is -0.369 e.